The summed E-state index contributed by atoms with van der Waals surface area (Å²) in [5.41, 5.74) is 3.21. The van der Waals surface area contributed by atoms with Crippen LogP contribution in [0.25, 0.3) is 11.0 Å². The SMILES string of the molecule is Cc1c(Cn2cc(C3CCCNC3)nn2)oc2ccccc12.Cl. The van der Waals surface area contributed by atoms with Gasteiger partial charge >= 0.3 is 0 Å². The average molecular weight is 333 g/mol. The van der Waals surface area contributed by atoms with Gasteiger partial charge in [0.05, 0.1) is 5.69 Å². The van der Waals surface area contributed by atoms with Crippen LogP contribution in [0.3, 0.4) is 0 Å². The lowest BCUT2D eigenvalue weighted by Gasteiger charge is -2.20. The number of aromatic nitrogens is 3. The molecular formula is C17H21ClN4O. The molecule has 1 aliphatic rings. The van der Waals surface area contributed by atoms with E-state index in [1.54, 1.807) is 0 Å². The van der Waals surface area contributed by atoms with Crippen molar-refractivity contribution in [2.24, 2.45) is 0 Å². The van der Waals surface area contributed by atoms with Gasteiger partial charge in [0.25, 0.3) is 0 Å². The Balaban J connectivity index is 0.00000156. The largest absolute Gasteiger partial charge is 0.459 e. The first-order valence-electron chi connectivity index (χ1n) is 7.89. The maximum Gasteiger partial charge on any atom is 0.134 e. The molecule has 0 spiro atoms. The van der Waals surface area contributed by atoms with Crippen LogP contribution in [0, 0.1) is 6.92 Å². The van der Waals surface area contributed by atoms with Crippen LogP contribution in [-0.2, 0) is 6.54 Å². The molecule has 1 aromatic carbocycles. The second kappa shape index (κ2) is 6.72. The number of nitrogens with one attached hydrogen (secondary N) is 1. The minimum atomic E-state index is 0. The molecule has 0 amide bonds. The van der Waals surface area contributed by atoms with E-state index in [-0.39, 0.29) is 12.4 Å². The summed E-state index contributed by atoms with van der Waals surface area (Å²) in [5, 5.41) is 13.2. The maximum atomic E-state index is 5.96. The van der Waals surface area contributed by atoms with Crippen molar-refractivity contribution in [2.45, 2.75) is 32.2 Å². The van der Waals surface area contributed by atoms with Crippen LogP contribution in [0.4, 0.5) is 0 Å². The predicted molar refractivity (Wildman–Crippen MR) is 92.2 cm³/mol. The minimum absolute atomic E-state index is 0. The van der Waals surface area contributed by atoms with E-state index in [2.05, 4.69) is 34.8 Å². The Morgan fingerprint density at radius 3 is 3.00 bits per heavy atom. The highest BCUT2D eigenvalue weighted by Gasteiger charge is 2.19. The number of piperidine rings is 1. The zero-order chi connectivity index (χ0) is 14.9. The fourth-order valence-electron chi connectivity index (χ4n) is 3.20. The van der Waals surface area contributed by atoms with Crippen LogP contribution in [0.2, 0.25) is 0 Å². The highest BCUT2D eigenvalue weighted by atomic mass is 35.5. The number of halogens is 1. The molecule has 0 bridgehead atoms. The zero-order valence-corrected chi connectivity index (χ0v) is 14.0. The van der Waals surface area contributed by atoms with Gasteiger partial charge in [-0.25, -0.2) is 4.68 Å². The molecule has 1 N–H and O–H groups in total. The van der Waals surface area contributed by atoms with Crippen molar-refractivity contribution >= 4 is 23.4 Å². The first-order valence-corrected chi connectivity index (χ1v) is 7.89. The van der Waals surface area contributed by atoms with E-state index < -0.39 is 0 Å². The van der Waals surface area contributed by atoms with E-state index in [1.165, 1.54) is 23.8 Å². The molecule has 0 saturated carbocycles. The fourth-order valence-corrected chi connectivity index (χ4v) is 3.20. The van der Waals surface area contributed by atoms with Gasteiger partial charge in [-0.15, -0.1) is 17.5 Å². The number of para-hydroxylation sites is 1. The molecule has 1 fully saturated rings. The Bertz CT molecular complexity index is 789. The number of fused-ring (bicyclic) bond motifs is 1. The van der Waals surface area contributed by atoms with Crippen LogP contribution in [-0.4, -0.2) is 28.1 Å². The first-order chi connectivity index (χ1) is 10.8. The van der Waals surface area contributed by atoms with Gasteiger partial charge in [0.2, 0.25) is 0 Å². The second-order valence-electron chi connectivity index (χ2n) is 6.03. The fraction of sp³-hybridized carbons (Fsp3) is 0.412. The molecule has 3 aromatic rings. The van der Waals surface area contributed by atoms with Gasteiger partial charge in [-0.3, -0.25) is 0 Å². The molecule has 23 heavy (non-hydrogen) atoms. The smallest absolute Gasteiger partial charge is 0.134 e. The molecule has 0 aliphatic carbocycles. The molecule has 6 heteroatoms. The van der Waals surface area contributed by atoms with Gasteiger partial charge in [0, 0.05) is 29.6 Å². The molecule has 0 radical (unpaired) electrons. The van der Waals surface area contributed by atoms with Gasteiger partial charge in [0.15, 0.2) is 0 Å². The molecule has 1 saturated heterocycles. The Hall–Kier alpha value is -1.85. The van der Waals surface area contributed by atoms with E-state index in [0.717, 1.165) is 30.1 Å². The summed E-state index contributed by atoms with van der Waals surface area (Å²) in [4.78, 5) is 0. The van der Waals surface area contributed by atoms with Crippen molar-refractivity contribution in [1.82, 2.24) is 20.3 Å². The Morgan fingerprint density at radius 2 is 2.22 bits per heavy atom. The van der Waals surface area contributed by atoms with Gasteiger partial charge in [0.1, 0.15) is 17.9 Å². The lowest BCUT2D eigenvalue weighted by atomic mass is 9.97. The average Bonchev–Trinajstić information content (AvgIpc) is 3.15. The third kappa shape index (κ3) is 3.12. The number of benzene rings is 1. The van der Waals surface area contributed by atoms with Crippen LogP contribution >= 0.6 is 12.4 Å². The highest BCUT2D eigenvalue weighted by Crippen LogP contribution is 2.26. The topological polar surface area (TPSA) is 55.9 Å². The highest BCUT2D eigenvalue weighted by molar-refractivity contribution is 5.85. The number of hydrogen-bond acceptors (Lipinski definition) is 4. The molecule has 1 unspecified atom stereocenters. The Kier molecular flexibility index (Phi) is 4.68. The quantitative estimate of drug-likeness (QED) is 0.799. The predicted octanol–water partition coefficient (Wildman–Crippen LogP) is 3.27. The van der Waals surface area contributed by atoms with Gasteiger partial charge < -0.3 is 9.73 Å². The molecule has 4 rings (SSSR count). The molecule has 3 heterocycles. The molecule has 122 valence electrons. The summed E-state index contributed by atoms with van der Waals surface area (Å²) in [7, 11) is 0. The minimum Gasteiger partial charge on any atom is -0.459 e. The summed E-state index contributed by atoms with van der Waals surface area (Å²) in [6.07, 6.45) is 4.46. The third-order valence-electron chi connectivity index (χ3n) is 4.52. The van der Waals surface area contributed by atoms with Crippen molar-refractivity contribution in [3.63, 3.8) is 0 Å². The van der Waals surface area contributed by atoms with Crippen molar-refractivity contribution < 1.29 is 4.42 Å². The Morgan fingerprint density at radius 1 is 1.35 bits per heavy atom. The number of rotatable bonds is 3. The van der Waals surface area contributed by atoms with Crippen LogP contribution in [0.5, 0.6) is 0 Å². The molecular weight excluding hydrogens is 312 g/mol. The summed E-state index contributed by atoms with van der Waals surface area (Å²) in [6.45, 7) is 4.85. The summed E-state index contributed by atoms with van der Waals surface area (Å²) >= 11 is 0. The lowest BCUT2D eigenvalue weighted by Crippen LogP contribution is -2.28. The van der Waals surface area contributed by atoms with Gasteiger partial charge in [-0.2, -0.15) is 0 Å². The van der Waals surface area contributed by atoms with Crippen molar-refractivity contribution in [3.8, 4) is 0 Å². The second-order valence-corrected chi connectivity index (χ2v) is 6.03. The van der Waals surface area contributed by atoms with E-state index in [0.29, 0.717) is 12.5 Å². The normalized spacial score (nSPS) is 18.0. The summed E-state index contributed by atoms with van der Waals surface area (Å²) < 4.78 is 7.84. The molecule has 5 nitrogen and oxygen atoms in total. The van der Waals surface area contributed by atoms with Crippen LogP contribution < -0.4 is 5.32 Å². The van der Waals surface area contributed by atoms with Crippen molar-refractivity contribution in [3.05, 3.63) is 47.5 Å². The standard InChI is InChI=1S/C17H20N4O.ClH/c1-12-14-6-2-3-7-16(14)22-17(12)11-21-10-15(19-20-21)13-5-4-8-18-9-13;/h2-3,6-7,10,13,18H,4-5,8-9,11H2,1H3;1H. The van der Waals surface area contributed by atoms with Crippen LogP contribution in [0.1, 0.15) is 35.8 Å². The van der Waals surface area contributed by atoms with Crippen molar-refractivity contribution in [1.29, 1.82) is 0 Å². The van der Waals surface area contributed by atoms with E-state index in [9.17, 15) is 0 Å². The number of aryl methyl sites for hydroxylation is 1. The monoisotopic (exact) mass is 332 g/mol. The summed E-state index contributed by atoms with van der Waals surface area (Å²) in [5.74, 6) is 1.44. The number of hydrogen-bond donors (Lipinski definition) is 1. The molecule has 2 aromatic heterocycles. The van der Waals surface area contributed by atoms with E-state index >= 15 is 0 Å². The first kappa shape index (κ1) is 16.0. The van der Waals surface area contributed by atoms with Gasteiger partial charge in [-0.05, 0) is 32.4 Å². The van der Waals surface area contributed by atoms with Crippen molar-refractivity contribution in [2.75, 3.05) is 13.1 Å². The Labute approximate surface area is 141 Å². The third-order valence-corrected chi connectivity index (χ3v) is 4.52. The molecule has 1 atom stereocenters. The summed E-state index contributed by atoms with van der Waals surface area (Å²) in [6, 6.07) is 8.14. The number of furan rings is 1. The number of nitrogens with zero attached hydrogens (tertiary/aromatic N) is 3. The van der Waals surface area contributed by atoms with E-state index in [1.807, 2.05) is 22.9 Å². The lowest BCUT2D eigenvalue weighted by molar-refractivity contribution is 0.454. The van der Waals surface area contributed by atoms with Crippen LogP contribution in [0.15, 0.2) is 34.9 Å². The van der Waals surface area contributed by atoms with Gasteiger partial charge in [-0.1, -0.05) is 23.4 Å². The molecule has 1 aliphatic heterocycles. The maximum absolute atomic E-state index is 5.96. The van der Waals surface area contributed by atoms with E-state index in [4.69, 9.17) is 4.42 Å². The zero-order valence-electron chi connectivity index (χ0n) is 13.2.